The Morgan fingerprint density at radius 3 is 2.74 bits per heavy atom. The molecule has 0 amide bonds. The second-order valence-electron chi connectivity index (χ2n) is 6.14. The maximum absolute atomic E-state index is 10.0. The first-order valence-corrected chi connectivity index (χ1v) is 7.74. The van der Waals surface area contributed by atoms with E-state index in [1.807, 2.05) is 6.07 Å². The number of fused-ring (bicyclic) bond motifs is 1. The van der Waals surface area contributed by atoms with Gasteiger partial charge in [-0.2, -0.15) is 0 Å². The molecular formula is C17H24O2. The number of benzene rings is 1. The van der Waals surface area contributed by atoms with Gasteiger partial charge in [-0.25, -0.2) is 0 Å². The lowest BCUT2D eigenvalue weighted by Crippen LogP contribution is -2.20. The molecule has 2 nitrogen and oxygen atoms in total. The molecule has 2 aliphatic rings. The molecule has 0 heterocycles. The number of ether oxygens (including phenoxy) is 1. The van der Waals surface area contributed by atoms with E-state index in [2.05, 4.69) is 12.1 Å². The average molecular weight is 260 g/mol. The van der Waals surface area contributed by atoms with Gasteiger partial charge >= 0.3 is 0 Å². The van der Waals surface area contributed by atoms with Crippen LogP contribution in [0.3, 0.4) is 0 Å². The first-order valence-electron chi connectivity index (χ1n) is 7.74. The molecule has 3 rings (SSSR count). The Balaban J connectivity index is 1.48. The summed E-state index contributed by atoms with van der Waals surface area (Å²) in [7, 11) is 0. The van der Waals surface area contributed by atoms with Gasteiger partial charge in [0.1, 0.15) is 12.4 Å². The molecule has 1 fully saturated rings. The van der Waals surface area contributed by atoms with E-state index in [1.54, 1.807) is 0 Å². The molecule has 1 unspecified atom stereocenters. The van der Waals surface area contributed by atoms with E-state index in [4.69, 9.17) is 4.74 Å². The molecule has 1 aromatic rings. The number of hydrogen-bond acceptors (Lipinski definition) is 2. The van der Waals surface area contributed by atoms with Crippen molar-refractivity contribution in [3.8, 4) is 5.75 Å². The van der Waals surface area contributed by atoms with Gasteiger partial charge in [-0.1, -0.05) is 31.7 Å². The van der Waals surface area contributed by atoms with Crippen molar-refractivity contribution in [3.63, 3.8) is 0 Å². The van der Waals surface area contributed by atoms with Crippen LogP contribution in [0.4, 0.5) is 0 Å². The van der Waals surface area contributed by atoms with Gasteiger partial charge < -0.3 is 9.84 Å². The smallest absolute Gasteiger partial charge is 0.119 e. The van der Waals surface area contributed by atoms with Gasteiger partial charge in [0.25, 0.3) is 0 Å². The summed E-state index contributed by atoms with van der Waals surface area (Å²) in [6.45, 7) is 0.440. The van der Waals surface area contributed by atoms with Crippen molar-refractivity contribution < 1.29 is 9.84 Å². The van der Waals surface area contributed by atoms with E-state index in [1.165, 1.54) is 56.1 Å². The Morgan fingerprint density at radius 2 is 1.89 bits per heavy atom. The lowest BCUT2D eigenvalue weighted by atomic mass is 10.0. The molecule has 0 aliphatic heterocycles. The summed E-state index contributed by atoms with van der Waals surface area (Å²) < 4.78 is 5.75. The van der Waals surface area contributed by atoms with Gasteiger partial charge in [0.05, 0.1) is 6.10 Å². The van der Waals surface area contributed by atoms with Gasteiger partial charge in [-0.3, -0.25) is 0 Å². The Kier molecular flexibility index (Phi) is 4.07. The topological polar surface area (TPSA) is 29.5 Å². The van der Waals surface area contributed by atoms with Crippen molar-refractivity contribution in [2.45, 2.75) is 57.5 Å². The molecule has 19 heavy (non-hydrogen) atoms. The third kappa shape index (κ3) is 3.30. The molecule has 0 radical (unpaired) electrons. The minimum atomic E-state index is -0.309. The molecule has 0 bridgehead atoms. The van der Waals surface area contributed by atoms with Gasteiger partial charge in [-0.15, -0.1) is 0 Å². The molecule has 1 saturated carbocycles. The van der Waals surface area contributed by atoms with Crippen LogP contribution in [0, 0.1) is 5.92 Å². The van der Waals surface area contributed by atoms with Crippen molar-refractivity contribution in [2.24, 2.45) is 5.92 Å². The Labute approximate surface area is 115 Å². The summed E-state index contributed by atoms with van der Waals surface area (Å²) in [5.41, 5.74) is 2.90. The Bertz CT molecular complexity index is 421. The highest BCUT2D eigenvalue weighted by atomic mass is 16.5. The van der Waals surface area contributed by atoms with Gasteiger partial charge in [-0.05, 0) is 54.9 Å². The highest BCUT2D eigenvalue weighted by Crippen LogP contribution is 2.29. The fourth-order valence-corrected chi connectivity index (χ4v) is 3.53. The number of aliphatic hydroxyl groups excluding tert-OH is 1. The summed E-state index contributed by atoms with van der Waals surface area (Å²) in [5.74, 6) is 1.64. The fraction of sp³-hybridized carbons (Fsp3) is 0.647. The van der Waals surface area contributed by atoms with Crippen molar-refractivity contribution in [2.75, 3.05) is 6.61 Å². The summed E-state index contributed by atoms with van der Waals surface area (Å²) in [4.78, 5) is 0. The third-order valence-corrected chi connectivity index (χ3v) is 4.59. The SMILES string of the molecule is OC(COc1ccc2c(c1)CCC2)CC1CCCC1. The second-order valence-corrected chi connectivity index (χ2v) is 6.14. The lowest BCUT2D eigenvalue weighted by Gasteiger charge is -2.16. The number of aryl methyl sites for hydroxylation is 2. The molecule has 1 atom stereocenters. The lowest BCUT2D eigenvalue weighted by molar-refractivity contribution is 0.0855. The normalized spacial score (nSPS) is 20.5. The molecule has 104 valence electrons. The van der Waals surface area contributed by atoms with Crippen LogP contribution in [0.5, 0.6) is 5.75 Å². The van der Waals surface area contributed by atoms with Crippen LogP contribution in [0.25, 0.3) is 0 Å². The molecule has 1 N–H and O–H groups in total. The number of aliphatic hydroxyl groups is 1. The summed E-state index contributed by atoms with van der Waals surface area (Å²) >= 11 is 0. The van der Waals surface area contributed by atoms with Crippen LogP contribution >= 0.6 is 0 Å². The highest BCUT2D eigenvalue weighted by Gasteiger charge is 2.19. The zero-order valence-corrected chi connectivity index (χ0v) is 11.6. The van der Waals surface area contributed by atoms with E-state index >= 15 is 0 Å². The number of rotatable bonds is 5. The van der Waals surface area contributed by atoms with Crippen molar-refractivity contribution in [1.29, 1.82) is 0 Å². The Hall–Kier alpha value is -1.02. The average Bonchev–Trinajstić information content (AvgIpc) is 3.06. The van der Waals surface area contributed by atoms with Crippen molar-refractivity contribution >= 4 is 0 Å². The van der Waals surface area contributed by atoms with Crippen LogP contribution in [-0.2, 0) is 12.8 Å². The van der Waals surface area contributed by atoms with E-state index < -0.39 is 0 Å². The molecule has 0 aromatic heterocycles. The Morgan fingerprint density at radius 1 is 1.11 bits per heavy atom. The largest absolute Gasteiger partial charge is 0.491 e. The molecule has 2 aliphatic carbocycles. The first kappa shape index (κ1) is 13.0. The maximum Gasteiger partial charge on any atom is 0.119 e. The summed E-state index contributed by atoms with van der Waals surface area (Å²) in [6.07, 6.45) is 9.50. The quantitative estimate of drug-likeness (QED) is 0.878. The van der Waals surface area contributed by atoms with Crippen LogP contribution in [0.2, 0.25) is 0 Å². The van der Waals surface area contributed by atoms with Crippen LogP contribution < -0.4 is 4.74 Å². The predicted octanol–water partition coefficient (Wildman–Crippen LogP) is 3.50. The van der Waals surface area contributed by atoms with Crippen molar-refractivity contribution in [3.05, 3.63) is 29.3 Å². The molecule has 2 heteroatoms. The maximum atomic E-state index is 10.0. The van der Waals surface area contributed by atoms with Crippen LogP contribution in [-0.4, -0.2) is 17.8 Å². The van der Waals surface area contributed by atoms with Gasteiger partial charge in [0.2, 0.25) is 0 Å². The van der Waals surface area contributed by atoms with Crippen LogP contribution in [0.15, 0.2) is 18.2 Å². The zero-order valence-electron chi connectivity index (χ0n) is 11.6. The fourth-order valence-electron chi connectivity index (χ4n) is 3.53. The van der Waals surface area contributed by atoms with Gasteiger partial charge in [0, 0.05) is 0 Å². The first-order chi connectivity index (χ1) is 9.31. The van der Waals surface area contributed by atoms with Gasteiger partial charge in [0.15, 0.2) is 0 Å². The predicted molar refractivity (Wildman–Crippen MR) is 76.5 cm³/mol. The molecule has 0 spiro atoms. The minimum Gasteiger partial charge on any atom is -0.491 e. The van der Waals surface area contributed by atoms with E-state index in [0.717, 1.165) is 18.1 Å². The summed E-state index contributed by atoms with van der Waals surface area (Å²) in [5, 5.41) is 10.0. The second kappa shape index (κ2) is 5.96. The minimum absolute atomic E-state index is 0.309. The van der Waals surface area contributed by atoms with Crippen molar-refractivity contribution in [1.82, 2.24) is 0 Å². The molecule has 0 saturated heterocycles. The van der Waals surface area contributed by atoms with E-state index in [9.17, 15) is 5.11 Å². The number of hydrogen-bond donors (Lipinski definition) is 1. The molecular weight excluding hydrogens is 236 g/mol. The third-order valence-electron chi connectivity index (χ3n) is 4.59. The molecule has 1 aromatic carbocycles. The van der Waals surface area contributed by atoms with Crippen LogP contribution in [0.1, 0.15) is 49.7 Å². The summed E-state index contributed by atoms with van der Waals surface area (Å²) in [6, 6.07) is 6.39. The van der Waals surface area contributed by atoms with E-state index in [0.29, 0.717) is 6.61 Å². The standard InChI is InChI=1S/C17H24O2/c18-16(10-13-4-1-2-5-13)12-19-17-9-8-14-6-3-7-15(14)11-17/h8-9,11,13,16,18H,1-7,10,12H2. The monoisotopic (exact) mass is 260 g/mol. The van der Waals surface area contributed by atoms with E-state index in [-0.39, 0.29) is 6.10 Å². The highest BCUT2D eigenvalue weighted by molar-refractivity contribution is 5.38. The zero-order chi connectivity index (χ0) is 13.1.